The molecule has 0 saturated heterocycles. The van der Waals surface area contributed by atoms with Gasteiger partial charge in [-0.25, -0.2) is 4.39 Å². The minimum atomic E-state index is -0.178. The number of hydrogen-bond acceptors (Lipinski definition) is 3. The molecule has 2 aromatic carbocycles. The van der Waals surface area contributed by atoms with E-state index < -0.39 is 0 Å². The second kappa shape index (κ2) is 19.7. The predicted molar refractivity (Wildman–Crippen MR) is 179 cm³/mol. The maximum Gasteiger partial charge on any atom is 0.123 e. The van der Waals surface area contributed by atoms with Gasteiger partial charge in [0.2, 0.25) is 0 Å². The molecule has 0 spiro atoms. The van der Waals surface area contributed by atoms with Crippen molar-refractivity contribution in [1.29, 1.82) is 0 Å². The summed E-state index contributed by atoms with van der Waals surface area (Å²) in [4.78, 5) is 4.52. The van der Waals surface area contributed by atoms with Crippen molar-refractivity contribution < 1.29 is 4.39 Å². The summed E-state index contributed by atoms with van der Waals surface area (Å²) in [7, 11) is 0. The second-order valence-corrected chi connectivity index (χ2v) is 12.7. The summed E-state index contributed by atoms with van der Waals surface area (Å²) in [6, 6.07) is 19.1. The average molecular weight is 567 g/mol. The molecular weight excluding hydrogens is 511 g/mol. The van der Waals surface area contributed by atoms with Crippen LogP contribution >= 0.6 is 12.6 Å². The highest BCUT2D eigenvalue weighted by atomic mass is 32.1. The van der Waals surface area contributed by atoms with E-state index in [2.05, 4.69) is 109 Å². The molecule has 2 nitrogen and oxygen atoms in total. The third kappa shape index (κ3) is 15.5. The van der Waals surface area contributed by atoms with E-state index in [0.717, 1.165) is 19.4 Å². The molecule has 0 amide bonds. The van der Waals surface area contributed by atoms with Crippen LogP contribution < -0.4 is 5.32 Å². The molecular formula is C36H55FN2S. The first-order chi connectivity index (χ1) is 19.0. The lowest BCUT2D eigenvalue weighted by atomic mass is 9.90. The topological polar surface area (TPSA) is 24.9 Å². The van der Waals surface area contributed by atoms with E-state index in [0.29, 0.717) is 11.2 Å². The minimum Gasteiger partial charge on any atom is -0.385 e. The lowest BCUT2D eigenvalue weighted by molar-refractivity contribution is 0.567. The Balaban J connectivity index is 0.000000331. The van der Waals surface area contributed by atoms with Crippen molar-refractivity contribution >= 4 is 18.3 Å². The zero-order valence-corrected chi connectivity index (χ0v) is 27.3. The normalized spacial score (nSPS) is 12.3. The fourth-order valence-electron chi connectivity index (χ4n) is 4.02. The third-order valence-corrected chi connectivity index (χ3v) is 7.21. The molecule has 0 fully saturated rings. The van der Waals surface area contributed by atoms with Gasteiger partial charge in [0.25, 0.3) is 0 Å². The van der Waals surface area contributed by atoms with Gasteiger partial charge in [-0.15, -0.1) is 0 Å². The highest BCUT2D eigenvalue weighted by Crippen LogP contribution is 2.23. The number of anilines is 1. The van der Waals surface area contributed by atoms with Crippen LogP contribution in [0.4, 0.5) is 10.1 Å². The van der Waals surface area contributed by atoms with E-state index in [-0.39, 0.29) is 11.2 Å². The second-order valence-electron chi connectivity index (χ2n) is 11.9. The molecule has 3 aromatic rings. The van der Waals surface area contributed by atoms with Gasteiger partial charge in [0, 0.05) is 29.5 Å². The van der Waals surface area contributed by atoms with Crippen molar-refractivity contribution in [3.05, 3.63) is 95.1 Å². The first kappa shape index (κ1) is 35.7. The molecule has 0 bridgehead atoms. The van der Waals surface area contributed by atoms with Gasteiger partial charge >= 0.3 is 0 Å². The number of aromatic nitrogens is 1. The van der Waals surface area contributed by atoms with Crippen LogP contribution in [0.1, 0.15) is 115 Å². The van der Waals surface area contributed by atoms with Crippen molar-refractivity contribution in [2.75, 3.05) is 11.9 Å². The summed E-state index contributed by atoms with van der Waals surface area (Å²) in [5.41, 5.74) is 6.76. The van der Waals surface area contributed by atoms with Crippen LogP contribution in [0.2, 0.25) is 0 Å². The van der Waals surface area contributed by atoms with E-state index in [9.17, 15) is 4.39 Å². The fourth-order valence-corrected chi connectivity index (χ4v) is 4.15. The van der Waals surface area contributed by atoms with Crippen molar-refractivity contribution in [3.8, 4) is 0 Å². The molecule has 2 unspecified atom stereocenters. The van der Waals surface area contributed by atoms with E-state index in [1.165, 1.54) is 72.3 Å². The Morgan fingerprint density at radius 2 is 1.62 bits per heavy atom. The van der Waals surface area contributed by atoms with Crippen molar-refractivity contribution in [3.63, 3.8) is 0 Å². The number of halogens is 1. The van der Waals surface area contributed by atoms with E-state index in [1.807, 2.05) is 6.20 Å². The molecule has 3 rings (SSSR count). The molecule has 1 N–H and O–H groups in total. The van der Waals surface area contributed by atoms with Gasteiger partial charge in [-0.1, -0.05) is 104 Å². The Morgan fingerprint density at radius 1 is 0.925 bits per heavy atom. The molecule has 40 heavy (non-hydrogen) atoms. The average Bonchev–Trinajstić information content (AvgIpc) is 2.93. The molecule has 0 aliphatic heterocycles. The number of nitrogens with one attached hydrogen (secondary N) is 1. The van der Waals surface area contributed by atoms with Gasteiger partial charge < -0.3 is 5.32 Å². The van der Waals surface area contributed by atoms with Crippen LogP contribution in [-0.2, 0) is 11.8 Å². The molecule has 222 valence electrons. The maximum atomic E-state index is 11.9. The number of unbranched alkanes of at least 4 members (excludes halogenated alkanes) is 3. The summed E-state index contributed by atoms with van der Waals surface area (Å²) >= 11 is 4.44. The van der Waals surface area contributed by atoms with Crippen LogP contribution in [0.5, 0.6) is 0 Å². The van der Waals surface area contributed by atoms with E-state index in [4.69, 9.17) is 0 Å². The van der Waals surface area contributed by atoms with Gasteiger partial charge in [-0.3, -0.25) is 4.98 Å². The number of pyridine rings is 1. The third-order valence-electron chi connectivity index (χ3n) is 6.96. The van der Waals surface area contributed by atoms with Gasteiger partial charge in [0.15, 0.2) is 0 Å². The highest BCUT2D eigenvalue weighted by molar-refractivity contribution is 7.80. The molecule has 1 aromatic heterocycles. The Labute approximate surface area is 251 Å². The zero-order valence-electron chi connectivity index (χ0n) is 26.4. The van der Waals surface area contributed by atoms with Gasteiger partial charge in [0.1, 0.15) is 5.82 Å². The molecule has 0 radical (unpaired) electrons. The predicted octanol–water partition coefficient (Wildman–Crippen LogP) is 11.0. The smallest absolute Gasteiger partial charge is 0.123 e. The van der Waals surface area contributed by atoms with Gasteiger partial charge in [0.05, 0.1) is 0 Å². The largest absolute Gasteiger partial charge is 0.385 e. The molecule has 0 aliphatic rings. The summed E-state index contributed by atoms with van der Waals surface area (Å²) in [5, 5.41) is 4.03. The molecule has 0 aliphatic carbocycles. The quantitative estimate of drug-likeness (QED) is 0.178. The Hall–Kier alpha value is -2.33. The molecule has 4 heteroatoms. The SMILES string of the molecule is CCC(C)c1ccc(C(C)(C)C)nc1.CCCCCCNc1ccc(CCC(C)S)cc1C.Fc1ccccc1. The van der Waals surface area contributed by atoms with Crippen LogP contribution in [0, 0.1) is 12.7 Å². The number of aryl methyl sites for hydroxylation is 2. The summed E-state index contributed by atoms with van der Waals surface area (Å²) in [6.07, 6.45) is 10.7. The fraction of sp³-hybridized carbons (Fsp3) is 0.528. The van der Waals surface area contributed by atoms with Crippen LogP contribution in [0.3, 0.4) is 0 Å². The first-order valence-corrected chi connectivity index (χ1v) is 15.7. The Bertz CT molecular complexity index is 1040. The molecule has 1 heterocycles. The number of thiol groups is 1. The van der Waals surface area contributed by atoms with Crippen LogP contribution in [-0.4, -0.2) is 16.8 Å². The summed E-state index contributed by atoms with van der Waals surface area (Å²) < 4.78 is 11.9. The number of benzene rings is 2. The van der Waals surface area contributed by atoms with Crippen molar-refractivity contribution in [2.24, 2.45) is 0 Å². The van der Waals surface area contributed by atoms with Gasteiger partial charge in [-0.05, 0) is 84.7 Å². The standard InChI is InChI=1S/C17H29NS.C13H21N.C6H5F/c1-4-5-6-7-12-18-17-11-10-16(13-14(17)2)9-8-15(3)19;1-6-10(2)11-7-8-12(14-9-11)13(3,4)5;7-6-4-2-1-3-5-6/h10-11,13,15,18-19H,4-9,12H2,1-3H3;7-10H,6H2,1-5H3;1-5H. The lowest BCUT2D eigenvalue weighted by Gasteiger charge is -2.18. The van der Waals surface area contributed by atoms with E-state index >= 15 is 0 Å². The maximum absolute atomic E-state index is 11.9. The monoisotopic (exact) mass is 566 g/mol. The highest BCUT2D eigenvalue weighted by Gasteiger charge is 2.15. The van der Waals surface area contributed by atoms with Crippen molar-refractivity contribution in [1.82, 2.24) is 4.98 Å². The summed E-state index contributed by atoms with van der Waals surface area (Å²) in [6.45, 7) is 18.7. The zero-order chi connectivity index (χ0) is 30.0. The number of rotatable bonds is 11. The number of nitrogens with zero attached hydrogens (tertiary/aromatic N) is 1. The molecule has 0 saturated carbocycles. The summed E-state index contributed by atoms with van der Waals surface area (Å²) in [5.74, 6) is 0.444. The van der Waals surface area contributed by atoms with Crippen LogP contribution in [0.15, 0.2) is 66.9 Å². The number of hydrogen-bond donors (Lipinski definition) is 2. The Kier molecular flexibility index (Phi) is 17.6. The first-order valence-electron chi connectivity index (χ1n) is 15.2. The Morgan fingerprint density at radius 3 is 2.10 bits per heavy atom. The van der Waals surface area contributed by atoms with Crippen molar-refractivity contribution in [2.45, 2.75) is 117 Å². The van der Waals surface area contributed by atoms with Crippen LogP contribution in [0.25, 0.3) is 0 Å². The minimum absolute atomic E-state index is 0.161. The van der Waals surface area contributed by atoms with Gasteiger partial charge in [-0.2, -0.15) is 12.6 Å². The molecule has 2 atom stereocenters. The lowest BCUT2D eigenvalue weighted by Crippen LogP contribution is -2.13. The van der Waals surface area contributed by atoms with E-state index in [1.54, 1.807) is 18.2 Å².